The van der Waals surface area contributed by atoms with Crippen molar-refractivity contribution in [2.24, 2.45) is 0 Å². The van der Waals surface area contributed by atoms with E-state index in [1.165, 1.54) is 4.90 Å². The van der Waals surface area contributed by atoms with Crippen molar-refractivity contribution in [3.63, 3.8) is 0 Å². The number of carbonyl (C=O) groups excluding carboxylic acids is 2. The second-order valence-corrected chi connectivity index (χ2v) is 5.75. The molecule has 2 amide bonds. The summed E-state index contributed by atoms with van der Waals surface area (Å²) in [4.78, 5) is 25.8. The lowest BCUT2D eigenvalue weighted by atomic mass is 10.1. The number of halogens is 1. The molecule has 5 nitrogen and oxygen atoms in total. The van der Waals surface area contributed by atoms with E-state index in [9.17, 15) is 9.59 Å². The summed E-state index contributed by atoms with van der Waals surface area (Å²) in [5.74, 6) is -0.0302. The van der Waals surface area contributed by atoms with Gasteiger partial charge < -0.3 is 15.0 Å². The van der Waals surface area contributed by atoms with E-state index < -0.39 is 0 Å². The molecule has 3 rings (SSSR count). The van der Waals surface area contributed by atoms with Crippen LogP contribution in [0, 0.1) is 6.92 Å². The Bertz CT molecular complexity index is 804. The molecule has 2 aromatic carbocycles. The highest BCUT2D eigenvalue weighted by Crippen LogP contribution is 2.35. The highest BCUT2D eigenvalue weighted by atomic mass is 35.5. The zero-order valence-electron chi connectivity index (χ0n) is 12.7. The van der Waals surface area contributed by atoms with Gasteiger partial charge in [0.1, 0.15) is 0 Å². The summed E-state index contributed by atoms with van der Waals surface area (Å²) >= 11 is 5.92. The lowest BCUT2D eigenvalue weighted by Crippen LogP contribution is -2.36. The lowest BCUT2D eigenvalue weighted by Gasteiger charge is -2.27. The van der Waals surface area contributed by atoms with Crippen LogP contribution in [0.25, 0.3) is 0 Å². The number of fused-ring (bicyclic) bond motifs is 1. The van der Waals surface area contributed by atoms with Crippen molar-refractivity contribution < 1.29 is 14.3 Å². The van der Waals surface area contributed by atoms with Gasteiger partial charge in [-0.25, -0.2) is 0 Å². The predicted octanol–water partition coefficient (Wildman–Crippen LogP) is 3.26. The van der Waals surface area contributed by atoms with E-state index in [1.807, 2.05) is 6.92 Å². The molecule has 2 aromatic rings. The fraction of sp³-hybridized carbons (Fsp3) is 0.176. The van der Waals surface area contributed by atoms with E-state index in [4.69, 9.17) is 16.3 Å². The fourth-order valence-corrected chi connectivity index (χ4v) is 2.67. The van der Waals surface area contributed by atoms with Crippen molar-refractivity contribution in [2.75, 3.05) is 23.9 Å². The third kappa shape index (κ3) is 2.87. The molecule has 1 aliphatic rings. The molecule has 1 aliphatic heterocycles. The first kappa shape index (κ1) is 15.4. The van der Waals surface area contributed by atoms with Crippen LogP contribution in [0.5, 0.6) is 5.75 Å². The van der Waals surface area contributed by atoms with Crippen LogP contribution >= 0.6 is 11.6 Å². The number of carbonyl (C=O) groups is 2. The Morgan fingerprint density at radius 2 is 2.09 bits per heavy atom. The minimum absolute atomic E-state index is 0.0756. The number of hydrogen-bond donors (Lipinski definition) is 1. The minimum atomic E-state index is -0.296. The van der Waals surface area contributed by atoms with E-state index in [0.717, 1.165) is 5.56 Å². The zero-order valence-corrected chi connectivity index (χ0v) is 13.5. The average molecular weight is 331 g/mol. The van der Waals surface area contributed by atoms with Crippen LogP contribution in [-0.4, -0.2) is 25.5 Å². The number of para-hydroxylation sites is 1. The van der Waals surface area contributed by atoms with Crippen LogP contribution in [-0.2, 0) is 4.79 Å². The Labute approximate surface area is 138 Å². The second kappa shape index (κ2) is 5.93. The van der Waals surface area contributed by atoms with E-state index in [0.29, 0.717) is 27.7 Å². The van der Waals surface area contributed by atoms with Crippen LogP contribution in [0.1, 0.15) is 15.9 Å². The monoisotopic (exact) mass is 330 g/mol. The number of nitrogens with zero attached hydrogens (tertiary/aromatic N) is 1. The molecule has 6 heteroatoms. The smallest absolute Gasteiger partial charge is 0.264 e. The molecule has 1 N–H and O–H groups in total. The molecule has 0 bridgehead atoms. The van der Waals surface area contributed by atoms with Crippen molar-refractivity contribution in [1.29, 1.82) is 0 Å². The van der Waals surface area contributed by atoms with E-state index in [-0.39, 0.29) is 18.4 Å². The fourth-order valence-electron chi connectivity index (χ4n) is 2.44. The molecule has 0 saturated carbocycles. The zero-order chi connectivity index (χ0) is 16.6. The van der Waals surface area contributed by atoms with Gasteiger partial charge in [0, 0.05) is 17.8 Å². The van der Waals surface area contributed by atoms with E-state index in [1.54, 1.807) is 43.4 Å². The van der Waals surface area contributed by atoms with Gasteiger partial charge in [-0.05, 0) is 42.8 Å². The van der Waals surface area contributed by atoms with Crippen molar-refractivity contribution in [3.8, 4) is 5.75 Å². The summed E-state index contributed by atoms with van der Waals surface area (Å²) < 4.78 is 5.47. The molecular weight excluding hydrogens is 316 g/mol. The predicted molar refractivity (Wildman–Crippen MR) is 89.5 cm³/mol. The first-order chi connectivity index (χ1) is 11.0. The topological polar surface area (TPSA) is 58.6 Å². The molecule has 0 spiro atoms. The first-order valence-corrected chi connectivity index (χ1v) is 7.45. The average Bonchev–Trinajstić information content (AvgIpc) is 2.53. The van der Waals surface area contributed by atoms with Crippen molar-refractivity contribution >= 4 is 34.8 Å². The molecule has 0 fully saturated rings. The number of anilines is 2. The second-order valence-electron chi connectivity index (χ2n) is 5.31. The highest BCUT2D eigenvalue weighted by molar-refractivity contribution is 6.30. The van der Waals surface area contributed by atoms with Gasteiger partial charge in [0.2, 0.25) is 0 Å². The normalized spacial score (nSPS) is 13.3. The number of benzene rings is 2. The van der Waals surface area contributed by atoms with Gasteiger partial charge in [-0.2, -0.15) is 0 Å². The largest absolute Gasteiger partial charge is 0.481 e. The Hall–Kier alpha value is -2.53. The molecule has 0 atom stereocenters. The number of amides is 2. The van der Waals surface area contributed by atoms with Crippen LogP contribution in [0.4, 0.5) is 11.4 Å². The number of hydrogen-bond acceptors (Lipinski definition) is 3. The Balaban J connectivity index is 1.93. The standard InChI is InChI=1S/C17H15ClN2O3/c1-10-8-11(18)6-7-13(10)19-17(22)12-4-3-5-14-16(12)23-9-15(21)20(14)2/h3-8H,9H2,1-2H3,(H,19,22). The van der Waals surface area contributed by atoms with Gasteiger partial charge in [-0.3, -0.25) is 9.59 Å². The van der Waals surface area contributed by atoms with Crippen LogP contribution in [0.2, 0.25) is 5.02 Å². The Morgan fingerprint density at radius 1 is 1.30 bits per heavy atom. The minimum Gasteiger partial charge on any atom is -0.481 e. The van der Waals surface area contributed by atoms with Gasteiger partial charge in [-0.15, -0.1) is 0 Å². The third-order valence-electron chi connectivity index (χ3n) is 3.75. The maximum Gasteiger partial charge on any atom is 0.264 e. The number of nitrogens with one attached hydrogen (secondary N) is 1. The molecule has 0 saturated heterocycles. The number of rotatable bonds is 2. The Kier molecular flexibility index (Phi) is 3.96. The summed E-state index contributed by atoms with van der Waals surface area (Å²) in [6, 6.07) is 10.4. The van der Waals surface area contributed by atoms with Gasteiger partial charge in [0.05, 0.1) is 11.3 Å². The third-order valence-corrected chi connectivity index (χ3v) is 3.99. The summed E-state index contributed by atoms with van der Waals surface area (Å²) in [5, 5.41) is 3.46. The summed E-state index contributed by atoms with van der Waals surface area (Å²) in [6.07, 6.45) is 0. The molecule has 0 radical (unpaired) electrons. The molecule has 23 heavy (non-hydrogen) atoms. The van der Waals surface area contributed by atoms with Gasteiger partial charge in [0.25, 0.3) is 11.8 Å². The van der Waals surface area contributed by atoms with E-state index >= 15 is 0 Å². The molecule has 0 aromatic heterocycles. The van der Waals surface area contributed by atoms with E-state index in [2.05, 4.69) is 5.32 Å². The summed E-state index contributed by atoms with van der Waals surface area (Å²) in [7, 11) is 1.66. The van der Waals surface area contributed by atoms with Crippen LogP contribution in [0.15, 0.2) is 36.4 Å². The van der Waals surface area contributed by atoms with Crippen molar-refractivity contribution in [2.45, 2.75) is 6.92 Å². The molecular formula is C17H15ClN2O3. The SMILES string of the molecule is Cc1cc(Cl)ccc1NC(=O)c1cccc2c1OCC(=O)N2C. The summed E-state index contributed by atoms with van der Waals surface area (Å²) in [5.41, 5.74) is 2.51. The molecule has 0 aliphatic carbocycles. The molecule has 1 heterocycles. The lowest BCUT2D eigenvalue weighted by molar-refractivity contribution is -0.121. The van der Waals surface area contributed by atoms with Crippen LogP contribution < -0.4 is 15.0 Å². The quantitative estimate of drug-likeness (QED) is 0.919. The van der Waals surface area contributed by atoms with Gasteiger partial charge in [-0.1, -0.05) is 17.7 Å². The van der Waals surface area contributed by atoms with Crippen LogP contribution in [0.3, 0.4) is 0 Å². The number of ether oxygens (including phenoxy) is 1. The molecule has 118 valence electrons. The van der Waals surface area contributed by atoms with Crippen molar-refractivity contribution in [1.82, 2.24) is 0 Å². The van der Waals surface area contributed by atoms with Crippen molar-refractivity contribution in [3.05, 3.63) is 52.5 Å². The summed E-state index contributed by atoms with van der Waals surface area (Å²) in [6.45, 7) is 1.79. The Morgan fingerprint density at radius 3 is 2.83 bits per heavy atom. The maximum absolute atomic E-state index is 12.6. The van der Waals surface area contributed by atoms with Gasteiger partial charge >= 0.3 is 0 Å². The molecule has 0 unspecified atom stereocenters. The highest BCUT2D eigenvalue weighted by Gasteiger charge is 2.26. The maximum atomic E-state index is 12.6. The number of likely N-dealkylation sites (N-methyl/N-ethyl adjacent to an activating group) is 1. The number of aryl methyl sites for hydroxylation is 1. The van der Waals surface area contributed by atoms with Gasteiger partial charge in [0.15, 0.2) is 12.4 Å². The first-order valence-electron chi connectivity index (χ1n) is 7.07.